The van der Waals surface area contributed by atoms with Crippen molar-refractivity contribution in [2.24, 2.45) is 11.8 Å². The molecule has 0 spiro atoms. The summed E-state index contributed by atoms with van der Waals surface area (Å²) in [6.07, 6.45) is 2.24. The second kappa shape index (κ2) is 7.63. The third-order valence-corrected chi connectivity index (χ3v) is 4.87. The molecule has 3 nitrogen and oxygen atoms in total. The van der Waals surface area contributed by atoms with Gasteiger partial charge in [-0.2, -0.15) is 0 Å². The summed E-state index contributed by atoms with van der Waals surface area (Å²) in [4.78, 5) is 14.9. The van der Waals surface area contributed by atoms with Crippen molar-refractivity contribution >= 4 is 21.8 Å². The van der Waals surface area contributed by atoms with Crippen LogP contribution in [0.4, 0.5) is 0 Å². The van der Waals surface area contributed by atoms with E-state index in [-0.39, 0.29) is 24.0 Å². The molecule has 0 bridgehead atoms. The fourth-order valence-electron chi connectivity index (χ4n) is 3.18. The molecule has 0 saturated carbocycles. The van der Waals surface area contributed by atoms with Crippen molar-refractivity contribution in [2.75, 3.05) is 11.9 Å². The van der Waals surface area contributed by atoms with Gasteiger partial charge in [0.25, 0.3) is 0 Å². The maximum absolute atomic E-state index is 12.9. The summed E-state index contributed by atoms with van der Waals surface area (Å²) >= 11 is 3.47. The van der Waals surface area contributed by atoms with Crippen molar-refractivity contribution in [2.45, 2.75) is 65.7 Å². The van der Waals surface area contributed by atoms with Gasteiger partial charge in [-0.25, -0.2) is 0 Å². The number of amides is 1. The Morgan fingerprint density at radius 2 is 1.79 bits per heavy atom. The Morgan fingerprint density at radius 1 is 1.21 bits per heavy atom. The molecule has 0 aromatic rings. The predicted molar refractivity (Wildman–Crippen MR) is 82.5 cm³/mol. The van der Waals surface area contributed by atoms with E-state index in [1.807, 2.05) is 6.92 Å². The lowest BCUT2D eigenvalue weighted by Gasteiger charge is -2.34. The highest BCUT2D eigenvalue weighted by Gasteiger charge is 2.43. The van der Waals surface area contributed by atoms with E-state index in [0.717, 1.165) is 24.7 Å². The van der Waals surface area contributed by atoms with Gasteiger partial charge >= 0.3 is 0 Å². The second-order valence-electron chi connectivity index (χ2n) is 5.62. The molecule has 0 aliphatic carbocycles. The van der Waals surface area contributed by atoms with Crippen LogP contribution >= 0.6 is 15.9 Å². The number of nitrogens with zero attached hydrogens (tertiary/aromatic N) is 1. The van der Waals surface area contributed by atoms with Crippen LogP contribution in [-0.4, -0.2) is 40.9 Å². The molecule has 1 saturated heterocycles. The Labute approximate surface area is 126 Å². The lowest BCUT2D eigenvalue weighted by molar-refractivity contribution is -0.140. The fourth-order valence-corrected chi connectivity index (χ4v) is 3.56. The van der Waals surface area contributed by atoms with Gasteiger partial charge in [0.05, 0.1) is 18.1 Å². The number of carbonyl (C=O) groups is 1. The van der Waals surface area contributed by atoms with E-state index in [2.05, 4.69) is 48.5 Å². The van der Waals surface area contributed by atoms with E-state index < -0.39 is 0 Å². The van der Waals surface area contributed by atoms with Gasteiger partial charge in [0.15, 0.2) is 0 Å². The standard InChI is InChI=1S/C15H28BrNO2/c1-6-13(7-2)17(9-8-16)15(18)14-10(3)11(4)19-12(14)5/h10-14H,6-9H2,1-5H3. The molecule has 19 heavy (non-hydrogen) atoms. The highest BCUT2D eigenvalue weighted by atomic mass is 79.9. The maximum Gasteiger partial charge on any atom is 0.228 e. The van der Waals surface area contributed by atoms with Crippen molar-refractivity contribution in [3.05, 3.63) is 0 Å². The third-order valence-electron chi connectivity index (χ3n) is 4.52. The zero-order chi connectivity index (χ0) is 14.6. The zero-order valence-corrected chi connectivity index (χ0v) is 14.4. The van der Waals surface area contributed by atoms with Gasteiger partial charge in [0.1, 0.15) is 0 Å². The van der Waals surface area contributed by atoms with Gasteiger partial charge in [-0.3, -0.25) is 4.79 Å². The average Bonchev–Trinajstić information content (AvgIpc) is 2.63. The van der Waals surface area contributed by atoms with Crippen LogP contribution < -0.4 is 0 Å². The highest BCUT2D eigenvalue weighted by Crippen LogP contribution is 2.34. The van der Waals surface area contributed by atoms with E-state index >= 15 is 0 Å². The number of carbonyl (C=O) groups excluding carboxylic acids is 1. The van der Waals surface area contributed by atoms with E-state index in [1.165, 1.54) is 0 Å². The SMILES string of the molecule is CCC(CC)N(CCBr)C(=O)C1C(C)OC(C)C1C. The van der Waals surface area contributed by atoms with Gasteiger partial charge in [0.2, 0.25) is 5.91 Å². The third kappa shape index (κ3) is 3.72. The van der Waals surface area contributed by atoms with Crippen LogP contribution in [0.15, 0.2) is 0 Å². The quantitative estimate of drug-likeness (QED) is 0.696. The number of halogens is 1. The minimum atomic E-state index is 0.00894. The van der Waals surface area contributed by atoms with E-state index in [1.54, 1.807) is 0 Å². The number of alkyl halides is 1. The van der Waals surface area contributed by atoms with Crippen LogP contribution in [0.3, 0.4) is 0 Å². The van der Waals surface area contributed by atoms with Crippen molar-refractivity contribution in [3.63, 3.8) is 0 Å². The lowest BCUT2D eigenvalue weighted by atomic mass is 9.87. The Hall–Kier alpha value is -0.0900. The van der Waals surface area contributed by atoms with Crippen molar-refractivity contribution < 1.29 is 9.53 Å². The zero-order valence-electron chi connectivity index (χ0n) is 12.9. The average molecular weight is 334 g/mol. The first-order chi connectivity index (χ1) is 8.97. The Morgan fingerprint density at radius 3 is 2.16 bits per heavy atom. The molecule has 1 aliphatic rings. The number of hydrogen-bond acceptors (Lipinski definition) is 2. The number of ether oxygens (including phenoxy) is 1. The minimum Gasteiger partial charge on any atom is -0.374 e. The number of hydrogen-bond donors (Lipinski definition) is 0. The molecule has 0 N–H and O–H groups in total. The summed E-state index contributed by atoms with van der Waals surface area (Å²) in [7, 11) is 0. The molecule has 1 heterocycles. The summed E-state index contributed by atoms with van der Waals surface area (Å²) in [6.45, 7) is 11.3. The molecular weight excluding hydrogens is 306 g/mol. The van der Waals surface area contributed by atoms with Crippen LogP contribution in [-0.2, 0) is 9.53 Å². The van der Waals surface area contributed by atoms with Gasteiger partial charge in [-0.1, -0.05) is 36.7 Å². The molecule has 0 aromatic carbocycles. The summed E-state index contributed by atoms with van der Waals surface area (Å²) in [6, 6.07) is 0.348. The maximum atomic E-state index is 12.9. The van der Waals surface area contributed by atoms with Gasteiger partial charge < -0.3 is 9.64 Å². The summed E-state index contributed by atoms with van der Waals surface area (Å²) < 4.78 is 5.82. The van der Waals surface area contributed by atoms with Gasteiger partial charge in [-0.15, -0.1) is 0 Å². The molecule has 4 heteroatoms. The monoisotopic (exact) mass is 333 g/mol. The minimum absolute atomic E-state index is 0.00894. The summed E-state index contributed by atoms with van der Waals surface area (Å²) in [5.41, 5.74) is 0. The first-order valence-corrected chi connectivity index (χ1v) is 8.61. The van der Waals surface area contributed by atoms with Crippen molar-refractivity contribution in [1.82, 2.24) is 4.90 Å². The molecule has 4 unspecified atom stereocenters. The van der Waals surface area contributed by atoms with E-state index in [9.17, 15) is 4.79 Å². The van der Waals surface area contributed by atoms with Crippen LogP contribution in [0, 0.1) is 11.8 Å². The van der Waals surface area contributed by atoms with Crippen LogP contribution in [0.2, 0.25) is 0 Å². The highest BCUT2D eigenvalue weighted by molar-refractivity contribution is 9.09. The molecule has 1 fully saturated rings. The topological polar surface area (TPSA) is 29.5 Å². The smallest absolute Gasteiger partial charge is 0.228 e. The summed E-state index contributed by atoms with van der Waals surface area (Å²) in [5.74, 6) is 0.585. The molecule has 1 rings (SSSR count). The molecule has 1 aliphatic heterocycles. The predicted octanol–water partition coefficient (Wildman–Crippen LogP) is 3.46. The van der Waals surface area contributed by atoms with E-state index in [0.29, 0.717) is 12.0 Å². The van der Waals surface area contributed by atoms with Crippen LogP contribution in [0.1, 0.15) is 47.5 Å². The van der Waals surface area contributed by atoms with E-state index in [4.69, 9.17) is 4.74 Å². The largest absolute Gasteiger partial charge is 0.374 e. The summed E-state index contributed by atoms with van der Waals surface area (Å²) in [5, 5.41) is 0.834. The normalized spacial score (nSPS) is 30.9. The van der Waals surface area contributed by atoms with Crippen molar-refractivity contribution in [3.8, 4) is 0 Å². The molecule has 112 valence electrons. The Balaban J connectivity index is 2.87. The Bertz CT molecular complexity index is 294. The van der Waals surface area contributed by atoms with Crippen LogP contribution in [0.5, 0.6) is 0 Å². The van der Waals surface area contributed by atoms with Crippen LogP contribution in [0.25, 0.3) is 0 Å². The molecule has 0 radical (unpaired) electrons. The van der Waals surface area contributed by atoms with Gasteiger partial charge in [-0.05, 0) is 32.6 Å². The molecular formula is C15H28BrNO2. The Kier molecular flexibility index (Phi) is 6.81. The first kappa shape index (κ1) is 17.0. The second-order valence-corrected chi connectivity index (χ2v) is 6.42. The number of rotatable bonds is 6. The van der Waals surface area contributed by atoms with Gasteiger partial charge in [0, 0.05) is 17.9 Å². The first-order valence-electron chi connectivity index (χ1n) is 7.49. The molecule has 4 atom stereocenters. The lowest BCUT2D eigenvalue weighted by Crippen LogP contribution is -2.47. The molecule has 1 amide bonds. The fraction of sp³-hybridized carbons (Fsp3) is 0.933. The van der Waals surface area contributed by atoms with Crippen molar-refractivity contribution in [1.29, 1.82) is 0 Å². The molecule has 0 aromatic heterocycles.